The molecule has 7 heteroatoms. The summed E-state index contributed by atoms with van der Waals surface area (Å²) >= 11 is 6.48. The summed E-state index contributed by atoms with van der Waals surface area (Å²) in [6, 6.07) is 11.7. The lowest BCUT2D eigenvalue weighted by molar-refractivity contribution is -0.231. The van der Waals surface area contributed by atoms with Gasteiger partial charge < -0.3 is 29.9 Å². The van der Waals surface area contributed by atoms with Gasteiger partial charge in [-0.1, -0.05) is 35.9 Å². The first-order valence-electron chi connectivity index (χ1n) is 10.8. The number of ether oxygens (including phenoxy) is 2. The normalized spacial score (nSPS) is 31.2. The summed E-state index contributed by atoms with van der Waals surface area (Å²) in [5.41, 5.74) is 4.21. The van der Waals surface area contributed by atoms with Crippen molar-refractivity contribution in [3.8, 4) is 5.75 Å². The molecular formula is C24H27ClO6. The molecule has 2 aromatic carbocycles. The maximum Gasteiger partial charge on any atom is 0.123 e. The minimum atomic E-state index is -1.41. The monoisotopic (exact) mass is 446 g/mol. The van der Waals surface area contributed by atoms with Gasteiger partial charge in [0.05, 0.1) is 13.2 Å². The predicted octanol–water partition coefficient (Wildman–Crippen LogP) is 2.26. The summed E-state index contributed by atoms with van der Waals surface area (Å²) in [6.07, 6.45) is -1.84. The zero-order valence-electron chi connectivity index (χ0n) is 17.1. The van der Waals surface area contributed by atoms with Crippen LogP contribution in [0.5, 0.6) is 5.75 Å². The number of benzene rings is 2. The Hall–Kier alpha value is -1.67. The van der Waals surface area contributed by atoms with E-state index in [4.69, 9.17) is 21.1 Å². The Balaban J connectivity index is 1.42. The van der Waals surface area contributed by atoms with E-state index in [0.717, 1.165) is 29.9 Å². The Morgan fingerprint density at radius 2 is 1.77 bits per heavy atom. The highest BCUT2D eigenvalue weighted by molar-refractivity contribution is 6.31. The van der Waals surface area contributed by atoms with Crippen molar-refractivity contribution in [3.05, 3.63) is 63.7 Å². The van der Waals surface area contributed by atoms with Gasteiger partial charge in [-0.3, -0.25) is 0 Å². The Bertz CT molecular complexity index is 973. The standard InChI is InChI=1S/C24H27ClO6/c25-17-3-2-14(23-22(29)21(28)20(27)19(12-26)31-23)11-15(17)9-13-1-4-18-16(10-13)24(5-6-24)7-8-30-18/h1-4,10-11,19-23,26-29H,5-9,12H2/t19-,20-,21+,22-,23+/m1/s1. The molecule has 1 spiro atoms. The van der Waals surface area contributed by atoms with Gasteiger partial charge in [-0.2, -0.15) is 0 Å². The molecule has 1 saturated carbocycles. The lowest BCUT2D eigenvalue weighted by atomic mass is 9.87. The van der Waals surface area contributed by atoms with Crippen molar-refractivity contribution >= 4 is 11.6 Å². The van der Waals surface area contributed by atoms with E-state index in [2.05, 4.69) is 12.1 Å². The summed E-state index contributed by atoms with van der Waals surface area (Å²) in [7, 11) is 0. The van der Waals surface area contributed by atoms with Crippen LogP contribution in [0.2, 0.25) is 5.02 Å². The van der Waals surface area contributed by atoms with E-state index in [1.807, 2.05) is 12.1 Å². The average molecular weight is 447 g/mol. The molecular weight excluding hydrogens is 420 g/mol. The molecule has 0 amide bonds. The highest BCUT2D eigenvalue weighted by Crippen LogP contribution is 2.56. The molecule has 2 fully saturated rings. The lowest BCUT2D eigenvalue weighted by Gasteiger charge is -2.40. The van der Waals surface area contributed by atoms with Gasteiger partial charge in [0.1, 0.15) is 36.3 Å². The average Bonchev–Trinajstić information content (AvgIpc) is 3.55. The highest BCUT2D eigenvalue weighted by Gasteiger charge is 2.48. The number of hydrogen-bond acceptors (Lipinski definition) is 6. The lowest BCUT2D eigenvalue weighted by Crippen LogP contribution is -2.55. The molecule has 4 N–H and O–H groups in total. The molecule has 31 heavy (non-hydrogen) atoms. The zero-order valence-corrected chi connectivity index (χ0v) is 17.8. The van der Waals surface area contributed by atoms with Crippen LogP contribution in [-0.2, 0) is 16.6 Å². The van der Waals surface area contributed by atoms with E-state index >= 15 is 0 Å². The van der Waals surface area contributed by atoms with Crippen molar-refractivity contribution in [2.45, 2.75) is 61.6 Å². The summed E-state index contributed by atoms with van der Waals surface area (Å²) in [6.45, 7) is 0.320. The van der Waals surface area contributed by atoms with E-state index in [0.29, 0.717) is 17.0 Å². The number of halogens is 1. The fourth-order valence-electron chi connectivity index (χ4n) is 4.89. The first-order chi connectivity index (χ1) is 14.9. The van der Waals surface area contributed by atoms with Gasteiger partial charge in [-0.05, 0) is 54.5 Å². The molecule has 1 saturated heterocycles. The Morgan fingerprint density at radius 1 is 0.968 bits per heavy atom. The van der Waals surface area contributed by atoms with Crippen LogP contribution in [0.1, 0.15) is 47.6 Å². The second kappa shape index (κ2) is 8.03. The van der Waals surface area contributed by atoms with Crippen LogP contribution in [0.3, 0.4) is 0 Å². The molecule has 166 valence electrons. The molecule has 5 rings (SSSR count). The van der Waals surface area contributed by atoms with Gasteiger partial charge in [0.2, 0.25) is 0 Å². The molecule has 3 aliphatic rings. The van der Waals surface area contributed by atoms with Crippen molar-refractivity contribution < 1.29 is 29.9 Å². The fourth-order valence-corrected chi connectivity index (χ4v) is 5.08. The second-order valence-electron chi connectivity index (χ2n) is 8.99. The number of hydrogen-bond donors (Lipinski definition) is 4. The van der Waals surface area contributed by atoms with Crippen molar-refractivity contribution in [1.29, 1.82) is 0 Å². The van der Waals surface area contributed by atoms with Crippen LogP contribution in [0.15, 0.2) is 36.4 Å². The van der Waals surface area contributed by atoms with Crippen LogP contribution >= 0.6 is 11.6 Å². The maximum atomic E-state index is 10.5. The van der Waals surface area contributed by atoms with Gasteiger partial charge >= 0.3 is 0 Å². The summed E-state index contributed by atoms with van der Waals surface area (Å²) in [4.78, 5) is 0. The molecule has 5 atom stereocenters. The van der Waals surface area contributed by atoms with Crippen molar-refractivity contribution in [3.63, 3.8) is 0 Å². The predicted molar refractivity (Wildman–Crippen MR) is 114 cm³/mol. The van der Waals surface area contributed by atoms with Crippen molar-refractivity contribution in [2.24, 2.45) is 0 Å². The molecule has 2 aliphatic heterocycles. The van der Waals surface area contributed by atoms with Crippen molar-refractivity contribution in [1.82, 2.24) is 0 Å². The molecule has 6 nitrogen and oxygen atoms in total. The molecule has 2 aromatic rings. The van der Waals surface area contributed by atoms with Crippen molar-refractivity contribution in [2.75, 3.05) is 13.2 Å². The quantitative estimate of drug-likeness (QED) is 0.575. The molecule has 1 aliphatic carbocycles. The van der Waals surface area contributed by atoms with Gasteiger partial charge in [-0.15, -0.1) is 0 Å². The first-order valence-corrected chi connectivity index (χ1v) is 11.1. The Labute approximate surface area is 186 Å². The topological polar surface area (TPSA) is 99.4 Å². The fraction of sp³-hybridized carbons (Fsp3) is 0.500. The molecule has 0 radical (unpaired) electrons. The van der Waals surface area contributed by atoms with E-state index in [-0.39, 0.29) is 5.41 Å². The van der Waals surface area contributed by atoms with E-state index in [1.54, 1.807) is 12.1 Å². The summed E-state index contributed by atoms with van der Waals surface area (Å²) in [5, 5.41) is 40.7. The molecule has 0 aromatic heterocycles. The Kier molecular flexibility index (Phi) is 5.49. The van der Waals surface area contributed by atoms with E-state index in [9.17, 15) is 20.4 Å². The first kappa shape index (κ1) is 21.2. The van der Waals surface area contributed by atoms with Crippen LogP contribution in [0.4, 0.5) is 0 Å². The molecule has 0 bridgehead atoms. The van der Waals surface area contributed by atoms with Gasteiger partial charge in [0.15, 0.2) is 0 Å². The third-order valence-electron chi connectivity index (χ3n) is 6.99. The van der Waals surface area contributed by atoms with Gasteiger partial charge in [0, 0.05) is 16.0 Å². The van der Waals surface area contributed by atoms with Crippen LogP contribution in [0, 0.1) is 0 Å². The Morgan fingerprint density at radius 3 is 2.52 bits per heavy atom. The van der Waals surface area contributed by atoms with Crippen LogP contribution < -0.4 is 4.74 Å². The minimum Gasteiger partial charge on any atom is -0.493 e. The summed E-state index contributed by atoms with van der Waals surface area (Å²) < 4.78 is 11.5. The van der Waals surface area contributed by atoms with Crippen LogP contribution in [-0.4, -0.2) is 58.1 Å². The second-order valence-corrected chi connectivity index (χ2v) is 9.39. The largest absolute Gasteiger partial charge is 0.493 e. The zero-order chi connectivity index (χ0) is 21.8. The smallest absolute Gasteiger partial charge is 0.123 e. The number of aliphatic hydroxyl groups is 4. The van der Waals surface area contributed by atoms with E-state index in [1.165, 1.54) is 18.4 Å². The SMILES string of the molecule is OC[C@H]1O[C@@H](c2ccc(Cl)c(Cc3ccc4c(c3)C3(CCO4)CC3)c2)[C@H](O)[C@@H](O)[C@@H]1O. The summed E-state index contributed by atoms with van der Waals surface area (Å²) in [5.74, 6) is 0.980. The third-order valence-corrected chi connectivity index (χ3v) is 7.36. The number of rotatable bonds is 4. The van der Waals surface area contributed by atoms with Gasteiger partial charge in [-0.25, -0.2) is 0 Å². The van der Waals surface area contributed by atoms with Gasteiger partial charge in [0.25, 0.3) is 0 Å². The highest BCUT2D eigenvalue weighted by atomic mass is 35.5. The van der Waals surface area contributed by atoms with E-state index < -0.39 is 37.1 Å². The maximum absolute atomic E-state index is 10.5. The number of fused-ring (bicyclic) bond motifs is 2. The number of aliphatic hydroxyl groups excluding tert-OH is 4. The van der Waals surface area contributed by atoms with Crippen LogP contribution in [0.25, 0.3) is 0 Å². The third kappa shape index (κ3) is 3.75. The molecule has 2 heterocycles. The molecule has 0 unspecified atom stereocenters. The minimum absolute atomic E-state index is 0.283.